The van der Waals surface area contributed by atoms with Gasteiger partial charge in [-0.3, -0.25) is 4.79 Å². The molecule has 0 bridgehead atoms. The van der Waals surface area contributed by atoms with Crippen molar-refractivity contribution in [3.63, 3.8) is 0 Å². The number of carbonyl (C=O) groups is 1. The number of nitrogens with one attached hydrogen (secondary N) is 1. The summed E-state index contributed by atoms with van der Waals surface area (Å²) in [6.45, 7) is 1.59. The molecule has 0 unspecified atom stereocenters. The minimum Gasteiger partial charge on any atom is -0.493 e. The molecule has 0 radical (unpaired) electrons. The van der Waals surface area contributed by atoms with E-state index in [9.17, 15) is 9.59 Å². The lowest BCUT2D eigenvalue weighted by molar-refractivity contribution is -0.116. The molecule has 1 aromatic heterocycles. The van der Waals surface area contributed by atoms with Gasteiger partial charge in [-0.15, -0.1) is 0 Å². The number of nitrogens with zero attached hydrogens (tertiary/aromatic N) is 1. The molecule has 1 amide bonds. The molecule has 0 aliphatic rings. The Bertz CT molecular complexity index is 1060. The molecule has 1 heterocycles. The molecule has 7 heteroatoms. The minimum atomic E-state index is -0.607. The average Bonchev–Trinajstić information content (AvgIpc) is 2.74. The van der Waals surface area contributed by atoms with Gasteiger partial charge in [0.2, 0.25) is 5.91 Å². The third-order valence-corrected chi connectivity index (χ3v) is 4.75. The Morgan fingerprint density at radius 1 is 1.07 bits per heavy atom. The van der Waals surface area contributed by atoms with Crippen molar-refractivity contribution in [1.82, 2.24) is 4.90 Å². The van der Waals surface area contributed by atoms with E-state index in [1.807, 2.05) is 25.2 Å². The summed E-state index contributed by atoms with van der Waals surface area (Å²) < 4.78 is 15.8. The third-order valence-electron chi connectivity index (χ3n) is 4.75. The number of carbonyl (C=O) groups excluding carboxylic acids is 1. The van der Waals surface area contributed by atoms with E-state index in [4.69, 9.17) is 13.9 Å². The topological polar surface area (TPSA) is 81.0 Å². The molecular formula is C23H26N2O5. The van der Waals surface area contributed by atoms with Crippen molar-refractivity contribution in [2.45, 2.75) is 19.4 Å². The maximum atomic E-state index is 12.3. The van der Waals surface area contributed by atoms with Crippen LogP contribution in [0.1, 0.15) is 18.4 Å². The number of rotatable bonds is 9. The second kappa shape index (κ2) is 9.93. The highest BCUT2D eigenvalue weighted by Gasteiger charge is 2.13. The van der Waals surface area contributed by atoms with Crippen molar-refractivity contribution in [1.29, 1.82) is 0 Å². The van der Waals surface area contributed by atoms with Crippen LogP contribution in [0.5, 0.6) is 11.5 Å². The van der Waals surface area contributed by atoms with Gasteiger partial charge in [0.05, 0.1) is 14.2 Å². The van der Waals surface area contributed by atoms with E-state index in [1.165, 1.54) is 19.8 Å². The molecule has 0 fully saturated rings. The maximum Gasteiger partial charge on any atom is 0.360 e. The highest BCUT2D eigenvalue weighted by atomic mass is 16.5. The van der Waals surface area contributed by atoms with Gasteiger partial charge in [0, 0.05) is 24.4 Å². The molecule has 30 heavy (non-hydrogen) atoms. The smallest absolute Gasteiger partial charge is 0.360 e. The molecular weight excluding hydrogens is 384 g/mol. The lowest BCUT2D eigenvalue weighted by Crippen LogP contribution is -2.22. The monoisotopic (exact) mass is 410 g/mol. The van der Waals surface area contributed by atoms with Gasteiger partial charge in [0.15, 0.2) is 11.5 Å². The summed E-state index contributed by atoms with van der Waals surface area (Å²) in [4.78, 5) is 26.7. The summed E-state index contributed by atoms with van der Waals surface area (Å²) in [6.07, 6.45) is 0.988. The molecule has 0 atom stereocenters. The van der Waals surface area contributed by atoms with E-state index < -0.39 is 5.63 Å². The van der Waals surface area contributed by atoms with E-state index >= 15 is 0 Å². The van der Waals surface area contributed by atoms with Crippen molar-refractivity contribution < 1.29 is 18.7 Å². The van der Waals surface area contributed by atoms with Crippen LogP contribution in [0.3, 0.4) is 0 Å². The predicted molar refractivity (Wildman–Crippen MR) is 116 cm³/mol. The zero-order valence-corrected chi connectivity index (χ0v) is 17.4. The number of anilines is 1. The Morgan fingerprint density at radius 2 is 1.77 bits per heavy atom. The Morgan fingerprint density at radius 3 is 2.47 bits per heavy atom. The van der Waals surface area contributed by atoms with Crippen molar-refractivity contribution in [2.24, 2.45) is 0 Å². The minimum absolute atomic E-state index is 0.109. The van der Waals surface area contributed by atoms with Gasteiger partial charge in [-0.1, -0.05) is 30.3 Å². The van der Waals surface area contributed by atoms with E-state index in [2.05, 4.69) is 22.3 Å². The van der Waals surface area contributed by atoms with Crippen molar-refractivity contribution in [3.05, 3.63) is 64.5 Å². The summed E-state index contributed by atoms with van der Waals surface area (Å²) in [5.41, 5.74) is 1.09. The molecule has 7 nitrogen and oxygen atoms in total. The largest absolute Gasteiger partial charge is 0.493 e. The third kappa shape index (κ3) is 5.39. The van der Waals surface area contributed by atoms with E-state index in [1.54, 1.807) is 18.2 Å². The molecule has 0 saturated heterocycles. The standard InChI is InChI=1S/C23H26N2O5/c1-25(15-16-8-5-4-6-9-16)11-7-10-22(26)24-18-12-17-13-20(28-2)21(29-3)14-19(17)30-23(18)27/h4-6,8-9,12-14H,7,10-11,15H2,1-3H3,(H,24,26). The molecule has 0 saturated carbocycles. The van der Waals surface area contributed by atoms with Crippen molar-refractivity contribution in [3.8, 4) is 11.5 Å². The highest BCUT2D eigenvalue weighted by molar-refractivity contribution is 5.93. The van der Waals surface area contributed by atoms with Crippen LogP contribution in [-0.2, 0) is 11.3 Å². The van der Waals surface area contributed by atoms with Gasteiger partial charge in [0.1, 0.15) is 11.3 Å². The van der Waals surface area contributed by atoms with E-state index in [0.717, 1.165) is 13.1 Å². The van der Waals surface area contributed by atoms with Crippen LogP contribution in [0.15, 0.2) is 57.7 Å². The van der Waals surface area contributed by atoms with Crippen LogP contribution in [0.4, 0.5) is 5.69 Å². The number of ether oxygens (including phenoxy) is 2. The highest BCUT2D eigenvalue weighted by Crippen LogP contribution is 2.32. The van der Waals surface area contributed by atoms with E-state index in [-0.39, 0.29) is 11.6 Å². The quantitative estimate of drug-likeness (QED) is 0.542. The molecule has 3 aromatic rings. The molecule has 0 aliphatic carbocycles. The van der Waals surface area contributed by atoms with Gasteiger partial charge in [-0.25, -0.2) is 4.79 Å². The van der Waals surface area contributed by atoms with Crippen LogP contribution in [0.25, 0.3) is 11.0 Å². The first-order chi connectivity index (χ1) is 14.5. The van der Waals surface area contributed by atoms with Gasteiger partial charge in [-0.05, 0) is 37.7 Å². The first-order valence-electron chi connectivity index (χ1n) is 9.72. The van der Waals surface area contributed by atoms with Gasteiger partial charge in [0.25, 0.3) is 0 Å². The van der Waals surface area contributed by atoms with Gasteiger partial charge in [-0.2, -0.15) is 0 Å². The number of amides is 1. The molecule has 0 spiro atoms. The van der Waals surface area contributed by atoms with Crippen LogP contribution < -0.4 is 20.4 Å². The summed E-state index contributed by atoms with van der Waals surface area (Å²) in [7, 11) is 5.05. The van der Waals surface area contributed by atoms with E-state index in [0.29, 0.717) is 35.3 Å². The molecule has 0 aliphatic heterocycles. The normalized spacial score (nSPS) is 10.9. The van der Waals surface area contributed by atoms with Crippen LogP contribution >= 0.6 is 0 Å². The average molecular weight is 410 g/mol. The van der Waals surface area contributed by atoms with Gasteiger partial charge < -0.3 is 24.1 Å². The number of methoxy groups -OCH3 is 2. The number of fused-ring (bicyclic) bond motifs is 1. The Hall–Kier alpha value is -3.32. The first kappa shape index (κ1) is 21.4. The molecule has 1 N–H and O–H groups in total. The summed E-state index contributed by atoms with van der Waals surface area (Å²) in [5, 5.41) is 3.29. The fourth-order valence-electron chi connectivity index (χ4n) is 3.23. The second-order valence-corrected chi connectivity index (χ2v) is 7.07. The fraction of sp³-hybridized carbons (Fsp3) is 0.304. The molecule has 2 aromatic carbocycles. The SMILES string of the molecule is COc1cc2cc(NC(=O)CCCN(C)Cc3ccccc3)c(=O)oc2cc1OC. The maximum absolute atomic E-state index is 12.3. The predicted octanol–water partition coefficient (Wildman–Crippen LogP) is 3.66. The summed E-state index contributed by atoms with van der Waals surface area (Å²) in [5.74, 6) is 0.748. The van der Waals surface area contributed by atoms with Gasteiger partial charge >= 0.3 is 5.63 Å². The number of benzene rings is 2. The summed E-state index contributed by atoms with van der Waals surface area (Å²) >= 11 is 0. The molecule has 158 valence electrons. The second-order valence-electron chi connectivity index (χ2n) is 7.07. The summed E-state index contributed by atoms with van der Waals surface area (Å²) in [6, 6.07) is 15.0. The van der Waals surface area contributed by atoms with Crippen molar-refractivity contribution in [2.75, 3.05) is 33.1 Å². The zero-order valence-electron chi connectivity index (χ0n) is 17.4. The molecule has 3 rings (SSSR count). The number of hydrogen-bond acceptors (Lipinski definition) is 6. The van der Waals surface area contributed by atoms with Crippen molar-refractivity contribution >= 4 is 22.6 Å². The Labute approximate surface area is 175 Å². The first-order valence-corrected chi connectivity index (χ1v) is 9.72. The zero-order chi connectivity index (χ0) is 21.5. The Kier molecular flexibility index (Phi) is 7.08. The Balaban J connectivity index is 1.59. The van der Waals surface area contributed by atoms with Crippen LogP contribution in [-0.4, -0.2) is 38.6 Å². The fourth-order valence-corrected chi connectivity index (χ4v) is 3.23. The number of hydrogen-bond donors (Lipinski definition) is 1. The van der Waals surface area contributed by atoms with Crippen LogP contribution in [0.2, 0.25) is 0 Å². The van der Waals surface area contributed by atoms with Crippen LogP contribution in [0, 0.1) is 0 Å². The lowest BCUT2D eigenvalue weighted by atomic mass is 10.2. The lowest BCUT2D eigenvalue weighted by Gasteiger charge is -2.16.